The average molecular weight is 499 g/mol. The summed E-state index contributed by atoms with van der Waals surface area (Å²) < 4.78 is 13.7. The normalized spacial score (nSPS) is 13.9. The Morgan fingerprint density at radius 2 is 1.80 bits per heavy atom. The summed E-state index contributed by atoms with van der Waals surface area (Å²) in [5.41, 5.74) is 2.40. The van der Waals surface area contributed by atoms with Crippen LogP contribution in [0.2, 0.25) is 5.02 Å². The van der Waals surface area contributed by atoms with Crippen LogP contribution in [0.4, 0.5) is 22.0 Å². The molecular weight excluding hydrogens is 471 g/mol. The van der Waals surface area contributed by atoms with Crippen LogP contribution in [-0.4, -0.2) is 65.3 Å². The largest absolute Gasteiger partial charge is 0.478 e. The number of piperazine rings is 1. The Kier molecular flexibility index (Phi) is 7.07. The van der Waals surface area contributed by atoms with Crippen LogP contribution in [0.3, 0.4) is 0 Å². The maximum Gasteiger partial charge on any atom is 0.337 e. The Morgan fingerprint density at radius 3 is 2.40 bits per heavy atom. The first-order valence-electron chi connectivity index (χ1n) is 11.4. The molecule has 8 nitrogen and oxygen atoms in total. The number of nitrogens with zero attached hydrogens (tertiary/aromatic N) is 6. The van der Waals surface area contributed by atoms with E-state index in [9.17, 15) is 14.3 Å². The summed E-state index contributed by atoms with van der Waals surface area (Å²) in [5, 5.41) is 9.25. The zero-order chi connectivity index (χ0) is 25.3. The molecule has 3 heterocycles. The summed E-state index contributed by atoms with van der Waals surface area (Å²) in [5.74, 6) is 0.696. The number of aromatic nitrogens is 3. The van der Waals surface area contributed by atoms with E-state index in [0.717, 1.165) is 22.8 Å². The van der Waals surface area contributed by atoms with Crippen molar-refractivity contribution in [3.63, 3.8) is 0 Å². The van der Waals surface area contributed by atoms with Gasteiger partial charge >= 0.3 is 5.97 Å². The second-order valence-corrected chi connectivity index (χ2v) is 9.30. The van der Waals surface area contributed by atoms with Crippen LogP contribution in [0.25, 0.3) is 11.3 Å². The van der Waals surface area contributed by atoms with Gasteiger partial charge in [0.05, 0.1) is 16.3 Å². The predicted octanol–water partition coefficient (Wildman–Crippen LogP) is 4.51. The number of benzene rings is 1. The number of carboxylic acids is 1. The number of anilines is 3. The molecule has 2 aromatic heterocycles. The van der Waals surface area contributed by atoms with E-state index >= 15 is 0 Å². The molecule has 0 spiro atoms. The summed E-state index contributed by atoms with van der Waals surface area (Å²) >= 11 is 6.04. The van der Waals surface area contributed by atoms with Crippen LogP contribution < -0.4 is 14.7 Å². The van der Waals surface area contributed by atoms with Gasteiger partial charge in [-0.3, -0.25) is 0 Å². The van der Waals surface area contributed by atoms with Gasteiger partial charge in [0, 0.05) is 57.1 Å². The van der Waals surface area contributed by atoms with Gasteiger partial charge in [-0.15, -0.1) is 0 Å². The van der Waals surface area contributed by atoms with Gasteiger partial charge in [-0.05, 0) is 50.6 Å². The van der Waals surface area contributed by atoms with Crippen molar-refractivity contribution in [2.45, 2.75) is 26.8 Å². The van der Waals surface area contributed by atoms with Crippen LogP contribution in [0, 0.1) is 12.7 Å². The summed E-state index contributed by atoms with van der Waals surface area (Å²) in [6.07, 6.45) is 1.40. The summed E-state index contributed by atoms with van der Waals surface area (Å²) in [7, 11) is 1.94. The molecule has 1 saturated heterocycles. The molecule has 184 valence electrons. The Balaban J connectivity index is 1.60. The summed E-state index contributed by atoms with van der Waals surface area (Å²) in [4.78, 5) is 31.5. The van der Waals surface area contributed by atoms with E-state index in [4.69, 9.17) is 21.6 Å². The average Bonchev–Trinajstić information content (AvgIpc) is 2.85. The SMILES string of the molecule is Cc1cc(C(=O)O)cnc1N1CCN(c2cc(-c3ccc(F)c(Cl)c3)nc(N(C)C(C)C)n2)CC1. The molecule has 4 rings (SSSR count). The van der Waals surface area contributed by atoms with Gasteiger partial charge in [0.25, 0.3) is 0 Å². The first-order valence-corrected chi connectivity index (χ1v) is 11.8. The molecule has 1 fully saturated rings. The van der Waals surface area contributed by atoms with Crippen LogP contribution in [0.5, 0.6) is 0 Å². The lowest BCUT2D eigenvalue weighted by Gasteiger charge is -2.37. The number of halogens is 2. The number of pyridine rings is 1. The lowest BCUT2D eigenvalue weighted by molar-refractivity contribution is 0.0696. The maximum atomic E-state index is 13.7. The molecule has 0 aliphatic carbocycles. The lowest BCUT2D eigenvalue weighted by atomic mass is 10.1. The van der Waals surface area contributed by atoms with E-state index in [2.05, 4.69) is 28.6 Å². The van der Waals surface area contributed by atoms with Crippen molar-refractivity contribution in [1.29, 1.82) is 0 Å². The molecule has 0 atom stereocenters. The number of aryl methyl sites for hydroxylation is 1. The molecule has 10 heteroatoms. The highest BCUT2D eigenvalue weighted by Gasteiger charge is 2.23. The number of carbonyl (C=O) groups is 1. The number of hydrogen-bond acceptors (Lipinski definition) is 7. The van der Waals surface area contributed by atoms with E-state index in [1.807, 2.05) is 24.9 Å². The minimum atomic E-state index is -0.985. The van der Waals surface area contributed by atoms with Crippen molar-refractivity contribution in [2.24, 2.45) is 0 Å². The van der Waals surface area contributed by atoms with E-state index in [1.54, 1.807) is 18.2 Å². The van der Waals surface area contributed by atoms with E-state index in [1.165, 1.54) is 12.3 Å². The second kappa shape index (κ2) is 10.0. The van der Waals surface area contributed by atoms with Crippen molar-refractivity contribution in [3.8, 4) is 11.3 Å². The third kappa shape index (κ3) is 5.30. The number of hydrogen-bond donors (Lipinski definition) is 1. The third-order valence-electron chi connectivity index (χ3n) is 6.21. The number of aromatic carboxylic acids is 1. The molecule has 0 bridgehead atoms. The molecule has 1 aromatic carbocycles. The molecule has 0 amide bonds. The molecule has 1 aliphatic heterocycles. The lowest BCUT2D eigenvalue weighted by Crippen LogP contribution is -2.47. The van der Waals surface area contributed by atoms with Crippen LogP contribution in [0.1, 0.15) is 29.8 Å². The predicted molar refractivity (Wildman–Crippen MR) is 136 cm³/mol. The number of rotatable bonds is 6. The summed E-state index contributed by atoms with van der Waals surface area (Å²) in [6.45, 7) is 8.82. The molecule has 0 saturated carbocycles. The van der Waals surface area contributed by atoms with Gasteiger partial charge in [-0.2, -0.15) is 4.98 Å². The standard InChI is InChI=1S/C25H28ClFN6O2/c1-15(2)31(4)25-29-21(17-5-6-20(27)19(26)12-17)13-22(30-25)32-7-9-33(10-8-32)23-16(3)11-18(14-28-23)24(34)35/h5-6,11-15H,7-10H2,1-4H3,(H,34,35). The van der Waals surface area contributed by atoms with Gasteiger partial charge < -0.3 is 19.8 Å². The fraction of sp³-hybridized carbons (Fsp3) is 0.360. The van der Waals surface area contributed by atoms with Crippen molar-refractivity contribution < 1.29 is 14.3 Å². The van der Waals surface area contributed by atoms with Gasteiger partial charge in [0.2, 0.25) is 5.95 Å². The highest BCUT2D eigenvalue weighted by atomic mass is 35.5. The molecule has 0 radical (unpaired) electrons. The Labute approximate surface area is 209 Å². The van der Waals surface area contributed by atoms with Crippen LogP contribution >= 0.6 is 11.6 Å². The highest BCUT2D eigenvalue weighted by Crippen LogP contribution is 2.29. The third-order valence-corrected chi connectivity index (χ3v) is 6.50. The van der Waals surface area contributed by atoms with Crippen molar-refractivity contribution in [2.75, 3.05) is 47.9 Å². The minimum Gasteiger partial charge on any atom is -0.478 e. The zero-order valence-corrected chi connectivity index (χ0v) is 20.9. The number of carboxylic acid groups (broad SMARTS) is 1. The second-order valence-electron chi connectivity index (χ2n) is 8.89. The fourth-order valence-corrected chi connectivity index (χ4v) is 4.12. The fourth-order valence-electron chi connectivity index (χ4n) is 3.94. The smallest absolute Gasteiger partial charge is 0.337 e. The maximum absolute atomic E-state index is 13.7. The van der Waals surface area contributed by atoms with E-state index < -0.39 is 11.8 Å². The van der Waals surface area contributed by atoms with Crippen LogP contribution in [0.15, 0.2) is 36.5 Å². The van der Waals surface area contributed by atoms with Gasteiger partial charge in [-0.25, -0.2) is 19.2 Å². The molecule has 0 unspecified atom stereocenters. The molecule has 1 aliphatic rings. The minimum absolute atomic E-state index is 0.0480. The topological polar surface area (TPSA) is 85.7 Å². The van der Waals surface area contributed by atoms with E-state index in [-0.39, 0.29) is 16.6 Å². The van der Waals surface area contributed by atoms with Gasteiger partial charge in [0.15, 0.2) is 0 Å². The highest BCUT2D eigenvalue weighted by molar-refractivity contribution is 6.31. The first-order chi connectivity index (χ1) is 16.6. The van der Waals surface area contributed by atoms with Crippen LogP contribution in [-0.2, 0) is 0 Å². The van der Waals surface area contributed by atoms with Crippen molar-refractivity contribution in [3.05, 3.63) is 58.5 Å². The van der Waals surface area contributed by atoms with Crippen molar-refractivity contribution >= 4 is 35.2 Å². The zero-order valence-electron chi connectivity index (χ0n) is 20.2. The first kappa shape index (κ1) is 24.7. The summed E-state index contributed by atoms with van der Waals surface area (Å²) in [6, 6.07) is 8.33. The monoisotopic (exact) mass is 498 g/mol. The Morgan fingerprint density at radius 1 is 1.11 bits per heavy atom. The van der Waals surface area contributed by atoms with Gasteiger partial charge in [0.1, 0.15) is 17.5 Å². The molecular formula is C25H28ClFN6O2. The quantitative estimate of drug-likeness (QED) is 0.531. The van der Waals surface area contributed by atoms with Crippen molar-refractivity contribution in [1.82, 2.24) is 15.0 Å². The Bertz CT molecular complexity index is 1250. The molecule has 1 N–H and O–H groups in total. The van der Waals surface area contributed by atoms with Gasteiger partial charge in [-0.1, -0.05) is 11.6 Å². The molecule has 35 heavy (non-hydrogen) atoms. The molecule has 3 aromatic rings. The van der Waals surface area contributed by atoms with E-state index in [0.29, 0.717) is 37.8 Å². The Hall–Kier alpha value is -3.46.